The lowest BCUT2D eigenvalue weighted by Crippen LogP contribution is -2.42. The van der Waals surface area contributed by atoms with Crippen LogP contribution in [0.5, 0.6) is 0 Å². The molecule has 0 spiro atoms. The molecule has 2 atom stereocenters. The lowest BCUT2D eigenvalue weighted by molar-refractivity contribution is 0.333. The maximum absolute atomic E-state index is 12.6. The SMILES string of the molecule is Cn1cnc(S(=O)(=O)N2[C@H]3CCNC[C@@H]2CC3)c1. The van der Waals surface area contributed by atoms with Crippen molar-refractivity contribution in [3.63, 3.8) is 0 Å². The third kappa shape index (κ3) is 1.86. The average molecular weight is 270 g/mol. The van der Waals surface area contributed by atoms with Crippen LogP contribution < -0.4 is 5.32 Å². The van der Waals surface area contributed by atoms with Gasteiger partial charge in [-0.15, -0.1) is 0 Å². The van der Waals surface area contributed by atoms with Gasteiger partial charge in [-0.05, 0) is 25.8 Å². The molecule has 1 aromatic rings. The standard InChI is InChI=1S/C11H18N4O2S/c1-14-7-11(13-8-14)18(16,17)15-9-2-3-10(15)6-12-5-4-9/h7-10,12H,2-6H2,1H3/t9-,10+/m1/s1. The lowest BCUT2D eigenvalue weighted by Gasteiger charge is -2.25. The van der Waals surface area contributed by atoms with Gasteiger partial charge >= 0.3 is 0 Å². The molecule has 2 fully saturated rings. The van der Waals surface area contributed by atoms with E-state index in [0.29, 0.717) is 0 Å². The van der Waals surface area contributed by atoms with Gasteiger partial charge in [-0.2, -0.15) is 4.31 Å². The van der Waals surface area contributed by atoms with E-state index < -0.39 is 10.0 Å². The molecule has 18 heavy (non-hydrogen) atoms. The molecule has 0 radical (unpaired) electrons. The second-order valence-corrected chi connectivity index (χ2v) is 6.88. The third-order valence-electron chi connectivity index (χ3n) is 3.81. The third-order valence-corrected chi connectivity index (χ3v) is 5.70. The van der Waals surface area contributed by atoms with Gasteiger partial charge in [0.05, 0.1) is 6.33 Å². The van der Waals surface area contributed by atoms with Gasteiger partial charge < -0.3 is 9.88 Å². The molecule has 100 valence electrons. The van der Waals surface area contributed by atoms with Gasteiger partial charge in [0, 0.05) is 31.9 Å². The second kappa shape index (κ2) is 4.32. The van der Waals surface area contributed by atoms with Crippen molar-refractivity contribution in [1.29, 1.82) is 0 Å². The van der Waals surface area contributed by atoms with Gasteiger partial charge in [0.1, 0.15) is 0 Å². The average Bonchev–Trinajstić information content (AvgIpc) is 2.82. The van der Waals surface area contributed by atoms with E-state index in [-0.39, 0.29) is 17.1 Å². The number of aryl methyl sites for hydroxylation is 1. The fourth-order valence-electron chi connectivity index (χ4n) is 2.96. The molecule has 2 aliphatic heterocycles. The Hall–Kier alpha value is -0.920. The number of nitrogens with zero attached hydrogens (tertiary/aromatic N) is 3. The Balaban J connectivity index is 1.98. The van der Waals surface area contributed by atoms with E-state index in [1.165, 1.54) is 6.33 Å². The van der Waals surface area contributed by atoms with Crippen molar-refractivity contribution in [2.45, 2.75) is 36.4 Å². The number of imidazole rings is 1. The highest BCUT2D eigenvalue weighted by Crippen LogP contribution is 2.33. The molecule has 0 unspecified atom stereocenters. The fraction of sp³-hybridized carbons (Fsp3) is 0.727. The summed E-state index contributed by atoms with van der Waals surface area (Å²) < 4.78 is 28.6. The first-order valence-corrected chi connectivity index (χ1v) is 7.75. The smallest absolute Gasteiger partial charge is 0.262 e. The Labute approximate surface area is 107 Å². The maximum atomic E-state index is 12.6. The van der Waals surface area contributed by atoms with Gasteiger partial charge in [0.15, 0.2) is 5.03 Å². The topological polar surface area (TPSA) is 67.2 Å². The molecule has 2 saturated heterocycles. The summed E-state index contributed by atoms with van der Waals surface area (Å²) in [4.78, 5) is 4.00. The molecule has 0 aliphatic carbocycles. The van der Waals surface area contributed by atoms with Gasteiger partial charge in [-0.1, -0.05) is 0 Å². The van der Waals surface area contributed by atoms with Crippen LogP contribution in [0.3, 0.4) is 0 Å². The van der Waals surface area contributed by atoms with Crippen molar-refractivity contribution in [3.05, 3.63) is 12.5 Å². The van der Waals surface area contributed by atoms with E-state index in [9.17, 15) is 8.42 Å². The first kappa shape index (κ1) is 12.1. The fourth-order valence-corrected chi connectivity index (χ4v) is 4.83. The minimum atomic E-state index is -3.44. The van der Waals surface area contributed by atoms with E-state index in [4.69, 9.17) is 0 Å². The van der Waals surface area contributed by atoms with Gasteiger partial charge in [0.25, 0.3) is 10.0 Å². The van der Waals surface area contributed by atoms with Gasteiger partial charge in [0.2, 0.25) is 0 Å². The minimum Gasteiger partial charge on any atom is -0.339 e. The Morgan fingerprint density at radius 1 is 1.33 bits per heavy atom. The summed E-state index contributed by atoms with van der Waals surface area (Å²) >= 11 is 0. The van der Waals surface area contributed by atoms with Crippen LogP contribution >= 0.6 is 0 Å². The van der Waals surface area contributed by atoms with Crippen LogP contribution in [-0.2, 0) is 17.1 Å². The first-order chi connectivity index (χ1) is 8.59. The second-order valence-electron chi connectivity index (χ2n) is 5.09. The van der Waals surface area contributed by atoms with E-state index in [1.807, 2.05) is 0 Å². The number of nitrogens with one attached hydrogen (secondary N) is 1. The Morgan fingerprint density at radius 3 is 2.83 bits per heavy atom. The number of rotatable bonds is 2. The zero-order valence-electron chi connectivity index (χ0n) is 10.4. The molecule has 3 heterocycles. The monoisotopic (exact) mass is 270 g/mol. The zero-order valence-corrected chi connectivity index (χ0v) is 11.2. The van der Waals surface area contributed by atoms with Crippen molar-refractivity contribution in [3.8, 4) is 0 Å². The summed E-state index contributed by atoms with van der Waals surface area (Å²) in [6.07, 6.45) is 5.92. The molecule has 6 nitrogen and oxygen atoms in total. The zero-order chi connectivity index (χ0) is 12.8. The lowest BCUT2D eigenvalue weighted by atomic mass is 10.1. The van der Waals surface area contributed by atoms with Crippen LogP contribution in [0.2, 0.25) is 0 Å². The molecule has 3 rings (SSSR count). The van der Waals surface area contributed by atoms with Crippen molar-refractivity contribution in [2.75, 3.05) is 13.1 Å². The van der Waals surface area contributed by atoms with E-state index in [1.54, 1.807) is 22.1 Å². The highest BCUT2D eigenvalue weighted by molar-refractivity contribution is 7.89. The molecule has 2 aliphatic rings. The van der Waals surface area contributed by atoms with Crippen LogP contribution in [-0.4, -0.2) is 47.4 Å². The summed E-state index contributed by atoms with van der Waals surface area (Å²) in [6.45, 7) is 1.65. The Morgan fingerprint density at radius 2 is 2.11 bits per heavy atom. The number of fused-ring (bicyclic) bond motifs is 2. The molecule has 0 saturated carbocycles. The number of hydrogen-bond acceptors (Lipinski definition) is 4. The summed E-state index contributed by atoms with van der Waals surface area (Å²) in [5.74, 6) is 0. The van der Waals surface area contributed by atoms with Crippen molar-refractivity contribution < 1.29 is 8.42 Å². The predicted molar refractivity (Wildman–Crippen MR) is 66.5 cm³/mol. The normalized spacial score (nSPS) is 29.4. The van der Waals surface area contributed by atoms with Crippen LogP contribution in [0.25, 0.3) is 0 Å². The van der Waals surface area contributed by atoms with Gasteiger partial charge in [-0.3, -0.25) is 0 Å². The predicted octanol–water partition coefficient (Wildman–Crippen LogP) is -0.0649. The summed E-state index contributed by atoms with van der Waals surface area (Å²) in [5, 5.41) is 3.48. The number of hydrogen-bond donors (Lipinski definition) is 1. The van der Waals surface area contributed by atoms with Crippen LogP contribution in [0, 0.1) is 0 Å². The number of sulfonamides is 1. The van der Waals surface area contributed by atoms with Crippen LogP contribution in [0.15, 0.2) is 17.6 Å². The molecular weight excluding hydrogens is 252 g/mol. The highest BCUT2D eigenvalue weighted by atomic mass is 32.2. The number of aromatic nitrogens is 2. The quantitative estimate of drug-likeness (QED) is 0.817. The molecule has 1 N–H and O–H groups in total. The van der Waals surface area contributed by atoms with E-state index in [0.717, 1.165) is 32.4 Å². The summed E-state index contributed by atoms with van der Waals surface area (Å²) in [5.41, 5.74) is 0. The van der Waals surface area contributed by atoms with Crippen LogP contribution in [0.1, 0.15) is 19.3 Å². The molecule has 0 amide bonds. The van der Waals surface area contributed by atoms with Crippen molar-refractivity contribution >= 4 is 10.0 Å². The molecule has 7 heteroatoms. The summed E-state index contributed by atoms with van der Waals surface area (Å²) in [6, 6.07) is 0.224. The first-order valence-electron chi connectivity index (χ1n) is 6.31. The Bertz CT molecular complexity index is 525. The largest absolute Gasteiger partial charge is 0.339 e. The molecule has 2 bridgehead atoms. The summed E-state index contributed by atoms with van der Waals surface area (Å²) in [7, 11) is -1.66. The highest BCUT2D eigenvalue weighted by Gasteiger charge is 2.43. The molecular formula is C11H18N4O2S. The van der Waals surface area contributed by atoms with Gasteiger partial charge in [-0.25, -0.2) is 13.4 Å². The van der Waals surface area contributed by atoms with Crippen molar-refractivity contribution in [2.24, 2.45) is 7.05 Å². The van der Waals surface area contributed by atoms with E-state index >= 15 is 0 Å². The van der Waals surface area contributed by atoms with Crippen LogP contribution in [0.4, 0.5) is 0 Å². The molecule has 1 aromatic heterocycles. The maximum Gasteiger partial charge on any atom is 0.262 e. The van der Waals surface area contributed by atoms with E-state index in [2.05, 4.69) is 10.3 Å². The minimum absolute atomic E-state index is 0.0875. The Kier molecular flexibility index (Phi) is 2.91. The van der Waals surface area contributed by atoms with Crippen molar-refractivity contribution in [1.82, 2.24) is 19.2 Å². The molecule has 0 aromatic carbocycles.